The molecule has 196 valence electrons. The zero-order valence-electron chi connectivity index (χ0n) is 19.1. The molecule has 4 atom stereocenters. The maximum atomic E-state index is 13.2. The largest absolute Gasteiger partial charge is 0.480 e. The predicted octanol–water partition coefficient (Wildman–Crippen LogP) is -3.02. The molecular weight excluding hydrogens is 494 g/mol. The molecule has 0 aromatic carbocycles. The highest BCUT2D eigenvalue weighted by Crippen LogP contribution is 2.05. The normalized spacial score (nSPS) is 14.2. The molecule has 4 unspecified atom stereocenters. The molecule has 0 radical (unpaired) electrons. The summed E-state index contributed by atoms with van der Waals surface area (Å²) in [4.78, 5) is 74.4. The van der Waals surface area contributed by atoms with Gasteiger partial charge in [-0.05, 0) is 6.42 Å². The molecule has 2 aromatic rings. The lowest BCUT2D eigenvalue weighted by atomic mass is 10.1. The first-order chi connectivity index (χ1) is 17.1. The van der Waals surface area contributed by atoms with Crippen LogP contribution in [0.3, 0.4) is 0 Å². The van der Waals surface area contributed by atoms with Crippen LogP contribution in [0.2, 0.25) is 0 Å². The van der Waals surface area contributed by atoms with Gasteiger partial charge in [-0.25, -0.2) is 14.8 Å². The van der Waals surface area contributed by atoms with Crippen molar-refractivity contribution >= 4 is 42.2 Å². The Bertz CT molecular complexity index is 1030. The molecule has 4 amide bonds. The van der Waals surface area contributed by atoms with Crippen LogP contribution in [-0.2, 0) is 36.8 Å². The van der Waals surface area contributed by atoms with E-state index in [0.717, 1.165) is 0 Å². The van der Waals surface area contributed by atoms with Crippen LogP contribution in [0, 0.1) is 0 Å². The molecule has 16 heteroatoms. The number of carboxylic acid groups (broad SMARTS) is 1. The number of nitrogens with two attached hydrogens (primary N) is 2. The highest BCUT2D eigenvalue weighted by Gasteiger charge is 2.31. The number of aliphatic carboxylic acids is 1. The van der Waals surface area contributed by atoms with Gasteiger partial charge in [0.15, 0.2) is 0 Å². The second kappa shape index (κ2) is 13.8. The summed E-state index contributed by atoms with van der Waals surface area (Å²) in [7, 11) is 0. The molecule has 0 bridgehead atoms. The Morgan fingerprint density at radius 2 is 1.36 bits per heavy atom. The van der Waals surface area contributed by atoms with Crippen LogP contribution in [0.15, 0.2) is 25.0 Å². The van der Waals surface area contributed by atoms with Crippen molar-refractivity contribution in [3.05, 3.63) is 36.4 Å². The number of aromatic nitrogens is 4. The molecule has 0 saturated carbocycles. The van der Waals surface area contributed by atoms with E-state index in [-0.39, 0.29) is 31.4 Å². The fourth-order valence-corrected chi connectivity index (χ4v) is 3.34. The van der Waals surface area contributed by atoms with Crippen LogP contribution in [0.5, 0.6) is 0 Å². The maximum absolute atomic E-state index is 13.2. The van der Waals surface area contributed by atoms with Crippen molar-refractivity contribution in [3.63, 3.8) is 0 Å². The minimum Gasteiger partial charge on any atom is -0.480 e. The van der Waals surface area contributed by atoms with E-state index in [2.05, 4.69) is 48.5 Å². The Morgan fingerprint density at radius 1 is 0.889 bits per heavy atom. The van der Waals surface area contributed by atoms with Gasteiger partial charge in [0, 0.05) is 48.8 Å². The van der Waals surface area contributed by atoms with E-state index < -0.39 is 53.8 Å². The summed E-state index contributed by atoms with van der Waals surface area (Å²) in [5.74, 6) is -4.31. The smallest absolute Gasteiger partial charge is 0.327 e. The van der Waals surface area contributed by atoms with Crippen molar-refractivity contribution in [1.82, 2.24) is 35.9 Å². The number of amides is 4. The highest BCUT2D eigenvalue weighted by atomic mass is 32.1. The fraction of sp³-hybridized carbons (Fsp3) is 0.450. The van der Waals surface area contributed by atoms with Crippen LogP contribution < -0.4 is 27.4 Å². The molecular formula is C20H29N9O6S. The van der Waals surface area contributed by atoms with Gasteiger partial charge >= 0.3 is 5.97 Å². The van der Waals surface area contributed by atoms with Gasteiger partial charge in [-0.2, -0.15) is 12.6 Å². The molecule has 0 aliphatic rings. The third-order valence-corrected chi connectivity index (χ3v) is 5.42. The van der Waals surface area contributed by atoms with Crippen molar-refractivity contribution in [3.8, 4) is 0 Å². The first kappa shape index (κ1) is 28.3. The molecule has 10 N–H and O–H groups in total. The van der Waals surface area contributed by atoms with Gasteiger partial charge in [0.05, 0.1) is 18.7 Å². The quantitative estimate of drug-likeness (QED) is 0.108. The van der Waals surface area contributed by atoms with Gasteiger partial charge in [-0.1, -0.05) is 0 Å². The van der Waals surface area contributed by atoms with Gasteiger partial charge in [-0.3, -0.25) is 19.2 Å². The van der Waals surface area contributed by atoms with Crippen LogP contribution in [0.1, 0.15) is 24.2 Å². The van der Waals surface area contributed by atoms with E-state index in [9.17, 15) is 29.1 Å². The number of H-pyrrole nitrogens is 2. The number of carbonyl (C=O) groups excluding carboxylic acids is 4. The number of carboxylic acids is 1. The Labute approximate surface area is 211 Å². The fourth-order valence-electron chi connectivity index (χ4n) is 3.09. The topological polar surface area (TPSA) is 251 Å². The maximum Gasteiger partial charge on any atom is 0.327 e. The predicted molar refractivity (Wildman–Crippen MR) is 128 cm³/mol. The highest BCUT2D eigenvalue weighted by molar-refractivity contribution is 7.80. The summed E-state index contributed by atoms with van der Waals surface area (Å²) < 4.78 is 0. The summed E-state index contributed by atoms with van der Waals surface area (Å²) >= 11 is 3.93. The average molecular weight is 524 g/mol. The number of hydrogen-bond donors (Lipinski definition) is 9. The molecule has 2 rings (SSSR count). The van der Waals surface area contributed by atoms with E-state index in [4.69, 9.17) is 11.5 Å². The van der Waals surface area contributed by atoms with Gasteiger partial charge in [-0.15, -0.1) is 0 Å². The first-order valence-electron chi connectivity index (χ1n) is 10.8. The van der Waals surface area contributed by atoms with E-state index in [1.54, 1.807) is 0 Å². The average Bonchev–Trinajstić information content (AvgIpc) is 3.53. The van der Waals surface area contributed by atoms with Crippen molar-refractivity contribution in [2.75, 3.05) is 5.75 Å². The van der Waals surface area contributed by atoms with Crippen molar-refractivity contribution in [1.29, 1.82) is 0 Å². The molecule has 0 aliphatic carbocycles. The van der Waals surface area contributed by atoms with Crippen LogP contribution in [-0.4, -0.2) is 84.6 Å². The number of carbonyl (C=O) groups is 5. The second-order valence-corrected chi connectivity index (χ2v) is 8.24. The zero-order chi connectivity index (χ0) is 26.7. The van der Waals surface area contributed by atoms with Crippen molar-refractivity contribution in [2.24, 2.45) is 11.5 Å². The summed E-state index contributed by atoms with van der Waals surface area (Å²) in [6.45, 7) is 0. The number of thiol groups is 1. The van der Waals surface area contributed by atoms with E-state index in [1.807, 2.05) is 0 Å². The van der Waals surface area contributed by atoms with Crippen molar-refractivity contribution < 1.29 is 29.1 Å². The Balaban J connectivity index is 2.20. The number of nitrogens with zero attached hydrogens (tertiary/aromatic N) is 2. The Kier molecular flexibility index (Phi) is 10.9. The Morgan fingerprint density at radius 3 is 1.75 bits per heavy atom. The monoisotopic (exact) mass is 523 g/mol. The number of imidazole rings is 2. The number of hydrogen-bond acceptors (Lipinski definition) is 9. The second-order valence-electron chi connectivity index (χ2n) is 7.88. The molecule has 0 spiro atoms. The van der Waals surface area contributed by atoms with Crippen LogP contribution >= 0.6 is 12.6 Å². The van der Waals surface area contributed by atoms with Crippen LogP contribution in [0.25, 0.3) is 0 Å². The number of primary amides is 1. The van der Waals surface area contributed by atoms with Gasteiger partial charge in [0.1, 0.15) is 18.1 Å². The van der Waals surface area contributed by atoms with Gasteiger partial charge in [0.2, 0.25) is 23.6 Å². The Hall–Kier alpha value is -3.92. The zero-order valence-corrected chi connectivity index (χ0v) is 20.0. The van der Waals surface area contributed by atoms with Crippen LogP contribution in [0.4, 0.5) is 0 Å². The number of aromatic amines is 2. The standard InChI is InChI=1S/C20H29N9O6S/c21-12(1-2-16(22)30)17(31)27-13(3-10-5-23-8-25-10)18(32)28-14(4-11-6-24-9-26-11)19(33)29-15(7-36)20(34)35/h5-6,8-9,12-15,36H,1-4,7,21H2,(H2,22,30)(H,23,25)(H,24,26)(H,27,31)(H,28,32)(H,29,33)(H,34,35). The number of nitrogens with one attached hydrogen (secondary N) is 5. The van der Waals surface area contributed by atoms with Gasteiger partial charge in [0.25, 0.3) is 0 Å². The SMILES string of the molecule is NC(=O)CCC(N)C(=O)NC(Cc1cnc[nH]1)C(=O)NC(Cc1cnc[nH]1)C(=O)NC(CS)C(=O)O. The molecule has 15 nitrogen and oxygen atoms in total. The minimum absolute atomic E-state index is 0.0209. The summed E-state index contributed by atoms with van der Waals surface area (Å²) in [6.07, 6.45) is 5.47. The molecule has 0 aliphatic heterocycles. The summed E-state index contributed by atoms with van der Waals surface area (Å²) in [6, 6.07) is -4.80. The number of rotatable bonds is 15. The van der Waals surface area contributed by atoms with E-state index in [1.165, 1.54) is 25.0 Å². The minimum atomic E-state index is -1.29. The van der Waals surface area contributed by atoms with E-state index >= 15 is 0 Å². The van der Waals surface area contributed by atoms with Crippen molar-refractivity contribution in [2.45, 2.75) is 49.9 Å². The summed E-state index contributed by atoms with van der Waals surface area (Å²) in [5.41, 5.74) is 11.9. The lowest BCUT2D eigenvalue weighted by Gasteiger charge is -2.24. The third-order valence-electron chi connectivity index (χ3n) is 5.06. The first-order valence-corrected chi connectivity index (χ1v) is 11.5. The van der Waals surface area contributed by atoms with Gasteiger partial charge < -0.3 is 42.5 Å². The molecule has 0 fully saturated rings. The third kappa shape index (κ3) is 9.03. The lowest BCUT2D eigenvalue weighted by molar-refractivity contribution is -0.141. The summed E-state index contributed by atoms with van der Waals surface area (Å²) in [5, 5.41) is 16.6. The lowest BCUT2D eigenvalue weighted by Crippen LogP contribution is -2.58. The molecule has 0 saturated heterocycles. The molecule has 2 aromatic heterocycles. The molecule has 2 heterocycles. The van der Waals surface area contributed by atoms with E-state index in [0.29, 0.717) is 11.4 Å². The molecule has 36 heavy (non-hydrogen) atoms.